The van der Waals surface area contributed by atoms with Crippen LogP contribution < -0.4 is 0 Å². The van der Waals surface area contributed by atoms with Crippen LogP contribution in [0.25, 0.3) is 0 Å². The van der Waals surface area contributed by atoms with E-state index in [1.807, 2.05) is 4.90 Å². The maximum atomic E-state index is 12.2. The second-order valence-corrected chi connectivity index (χ2v) is 4.96. The first-order valence-electron chi connectivity index (χ1n) is 7.20. The van der Waals surface area contributed by atoms with Gasteiger partial charge in [0.2, 0.25) is 5.91 Å². The second kappa shape index (κ2) is 7.44. The first-order valence-corrected chi connectivity index (χ1v) is 7.20. The summed E-state index contributed by atoms with van der Waals surface area (Å²) in [5.41, 5.74) is 0. The third-order valence-corrected chi connectivity index (χ3v) is 3.62. The summed E-state index contributed by atoms with van der Waals surface area (Å²) in [4.78, 5) is 29.3. The number of morpholine rings is 1. The van der Waals surface area contributed by atoms with E-state index in [0.717, 1.165) is 13.1 Å². The van der Waals surface area contributed by atoms with Crippen LogP contribution in [0.4, 0.5) is 4.79 Å². The van der Waals surface area contributed by atoms with Crippen molar-refractivity contribution in [1.82, 2.24) is 14.7 Å². The lowest BCUT2D eigenvalue weighted by Crippen LogP contribution is -2.53. The van der Waals surface area contributed by atoms with Crippen molar-refractivity contribution in [2.24, 2.45) is 0 Å². The predicted molar refractivity (Wildman–Crippen MR) is 72.4 cm³/mol. The summed E-state index contributed by atoms with van der Waals surface area (Å²) in [5.74, 6) is 0.135. The Morgan fingerprint density at radius 2 is 1.60 bits per heavy atom. The van der Waals surface area contributed by atoms with Gasteiger partial charge in [-0.15, -0.1) is 0 Å². The highest BCUT2D eigenvalue weighted by molar-refractivity contribution is 5.78. The Morgan fingerprint density at radius 3 is 2.20 bits per heavy atom. The fourth-order valence-electron chi connectivity index (χ4n) is 2.40. The molecular weight excluding hydrogens is 262 g/mol. The highest BCUT2D eigenvalue weighted by atomic mass is 16.6. The summed E-state index contributed by atoms with van der Waals surface area (Å²) in [7, 11) is 0. The van der Waals surface area contributed by atoms with E-state index < -0.39 is 0 Å². The molecule has 7 nitrogen and oxygen atoms in total. The average molecular weight is 285 g/mol. The molecule has 0 bridgehead atoms. The maximum Gasteiger partial charge on any atom is 0.409 e. The Hall–Kier alpha value is -1.34. The van der Waals surface area contributed by atoms with Gasteiger partial charge in [0, 0.05) is 39.3 Å². The molecule has 0 radical (unpaired) electrons. The molecule has 0 saturated carbocycles. The van der Waals surface area contributed by atoms with Crippen LogP contribution in [0.15, 0.2) is 0 Å². The first-order chi connectivity index (χ1) is 9.70. The maximum absolute atomic E-state index is 12.2. The van der Waals surface area contributed by atoms with E-state index in [-0.39, 0.29) is 12.0 Å². The molecule has 0 N–H and O–H groups in total. The molecule has 2 saturated heterocycles. The van der Waals surface area contributed by atoms with Gasteiger partial charge in [0.15, 0.2) is 0 Å². The minimum Gasteiger partial charge on any atom is -0.450 e. The highest BCUT2D eigenvalue weighted by Gasteiger charge is 2.26. The summed E-state index contributed by atoms with van der Waals surface area (Å²) >= 11 is 0. The van der Waals surface area contributed by atoms with Crippen LogP contribution >= 0.6 is 0 Å². The number of ether oxygens (including phenoxy) is 2. The van der Waals surface area contributed by atoms with Crippen LogP contribution in [0, 0.1) is 0 Å². The Kier molecular flexibility index (Phi) is 5.60. The van der Waals surface area contributed by atoms with Crippen molar-refractivity contribution >= 4 is 12.0 Å². The smallest absolute Gasteiger partial charge is 0.409 e. The number of piperazine rings is 1. The molecule has 2 aliphatic rings. The predicted octanol–water partition coefficient (Wildman–Crippen LogP) is -0.381. The van der Waals surface area contributed by atoms with Crippen LogP contribution in [0.5, 0.6) is 0 Å². The zero-order valence-corrected chi connectivity index (χ0v) is 12.0. The van der Waals surface area contributed by atoms with Crippen molar-refractivity contribution in [1.29, 1.82) is 0 Å². The van der Waals surface area contributed by atoms with Gasteiger partial charge in [0.1, 0.15) is 0 Å². The van der Waals surface area contributed by atoms with Crippen LogP contribution in [0.3, 0.4) is 0 Å². The van der Waals surface area contributed by atoms with Crippen molar-refractivity contribution in [3.8, 4) is 0 Å². The first kappa shape index (κ1) is 15.1. The average Bonchev–Trinajstić information content (AvgIpc) is 2.48. The van der Waals surface area contributed by atoms with Gasteiger partial charge in [-0.3, -0.25) is 9.69 Å². The van der Waals surface area contributed by atoms with Gasteiger partial charge in [0.25, 0.3) is 0 Å². The molecule has 0 unspecified atom stereocenters. The number of carbonyl (C=O) groups is 2. The largest absolute Gasteiger partial charge is 0.450 e. The van der Waals surface area contributed by atoms with Gasteiger partial charge in [0.05, 0.1) is 26.4 Å². The molecule has 114 valence electrons. The summed E-state index contributed by atoms with van der Waals surface area (Å²) in [6, 6.07) is 0. The van der Waals surface area contributed by atoms with E-state index in [1.54, 1.807) is 11.8 Å². The van der Waals surface area contributed by atoms with Crippen molar-refractivity contribution < 1.29 is 19.1 Å². The van der Waals surface area contributed by atoms with E-state index in [9.17, 15) is 9.59 Å². The molecule has 20 heavy (non-hydrogen) atoms. The number of rotatable bonds is 3. The standard InChI is InChI=1S/C13H23N3O4/c1-2-20-13(18)16-5-3-15(4-6-16)12(17)11-14-7-9-19-10-8-14/h2-11H2,1H3. The van der Waals surface area contributed by atoms with E-state index in [0.29, 0.717) is 52.5 Å². The summed E-state index contributed by atoms with van der Waals surface area (Å²) < 4.78 is 10.2. The van der Waals surface area contributed by atoms with Gasteiger partial charge < -0.3 is 19.3 Å². The lowest BCUT2D eigenvalue weighted by atomic mass is 10.3. The molecule has 2 aliphatic heterocycles. The Morgan fingerprint density at radius 1 is 1.00 bits per heavy atom. The molecule has 0 spiro atoms. The molecule has 2 fully saturated rings. The van der Waals surface area contributed by atoms with Gasteiger partial charge in [-0.2, -0.15) is 0 Å². The highest BCUT2D eigenvalue weighted by Crippen LogP contribution is 2.06. The van der Waals surface area contributed by atoms with Crippen molar-refractivity contribution in [2.75, 3.05) is 65.6 Å². The van der Waals surface area contributed by atoms with Crippen molar-refractivity contribution in [2.45, 2.75) is 6.92 Å². The lowest BCUT2D eigenvalue weighted by molar-refractivity contribution is -0.135. The Labute approximate surface area is 119 Å². The Balaban J connectivity index is 1.72. The van der Waals surface area contributed by atoms with E-state index in [4.69, 9.17) is 9.47 Å². The minimum absolute atomic E-state index is 0.135. The number of hydrogen-bond donors (Lipinski definition) is 0. The van der Waals surface area contributed by atoms with Crippen LogP contribution in [-0.2, 0) is 14.3 Å². The van der Waals surface area contributed by atoms with Crippen LogP contribution in [-0.4, -0.2) is 92.3 Å². The topological polar surface area (TPSA) is 62.3 Å². The van der Waals surface area contributed by atoms with Gasteiger partial charge in [-0.25, -0.2) is 4.79 Å². The molecule has 0 atom stereocenters. The molecule has 2 amide bonds. The van der Waals surface area contributed by atoms with Crippen molar-refractivity contribution in [3.63, 3.8) is 0 Å². The van der Waals surface area contributed by atoms with Crippen molar-refractivity contribution in [3.05, 3.63) is 0 Å². The molecule has 0 aromatic carbocycles. The third kappa shape index (κ3) is 4.08. The summed E-state index contributed by atoms with van der Waals surface area (Å²) in [6.07, 6.45) is -0.284. The molecule has 0 aromatic heterocycles. The van der Waals surface area contributed by atoms with E-state index >= 15 is 0 Å². The number of carbonyl (C=O) groups excluding carboxylic acids is 2. The van der Waals surface area contributed by atoms with Crippen LogP contribution in [0.1, 0.15) is 6.92 Å². The fraction of sp³-hybridized carbons (Fsp3) is 0.846. The van der Waals surface area contributed by atoms with Gasteiger partial charge >= 0.3 is 6.09 Å². The minimum atomic E-state index is -0.284. The molecule has 7 heteroatoms. The fourth-order valence-corrected chi connectivity index (χ4v) is 2.40. The molecular formula is C13H23N3O4. The quantitative estimate of drug-likeness (QED) is 0.707. The zero-order chi connectivity index (χ0) is 14.4. The number of amides is 2. The third-order valence-electron chi connectivity index (χ3n) is 3.62. The van der Waals surface area contributed by atoms with Crippen LogP contribution in [0.2, 0.25) is 0 Å². The molecule has 0 aliphatic carbocycles. The number of hydrogen-bond acceptors (Lipinski definition) is 5. The summed E-state index contributed by atoms with van der Waals surface area (Å²) in [5, 5.41) is 0. The monoisotopic (exact) mass is 285 g/mol. The lowest BCUT2D eigenvalue weighted by Gasteiger charge is -2.35. The summed E-state index contributed by atoms with van der Waals surface area (Å²) in [6.45, 7) is 7.92. The SMILES string of the molecule is CCOC(=O)N1CCN(C(=O)CN2CCOCC2)CC1. The van der Waals surface area contributed by atoms with E-state index in [2.05, 4.69) is 4.90 Å². The normalized spacial score (nSPS) is 20.9. The molecule has 2 rings (SSSR count). The number of nitrogens with zero attached hydrogens (tertiary/aromatic N) is 3. The van der Waals surface area contributed by atoms with Gasteiger partial charge in [-0.05, 0) is 6.92 Å². The molecule has 0 aromatic rings. The van der Waals surface area contributed by atoms with Gasteiger partial charge in [-0.1, -0.05) is 0 Å². The van der Waals surface area contributed by atoms with E-state index in [1.165, 1.54) is 0 Å². The molecule has 2 heterocycles. The Bertz CT molecular complexity index is 337. The second-order valence-electron chi connectivity index (χ2n) is 4.96. The zero-order valence-electron chi connectivity index (χ0n) is 12.0.